The van der Waals surface area contributed by atoms with E-state index in [9.17, 15) is 13.2 Å². The standard InChI is InChI=1S/C15H25N3O4S/c1-3-14(18-15(19)17-9-4-5-10-22-2)12-7-6-8-13(11-12)23(16,20)21/h6-8,11,14H,3-5,9-10H2,1-2H3,(H2,16,20,21)(H2,17,18,19). The second-order valence-electron chi connectivity index (χ2n) is 5.18. The predicted molar refractivity (Wildman–Crippen MR) is 88.5 cm³/mol. The maximum atomic E-state index is 11.9. The molecule has 1 unspecified atom stereocenters. The lowest BCUT2D eigenvalue weighted by atomic mass is 10.1. The molecule has 0 aromatic heterocycles. The van der Waals surface area contributed by atoms with Gasteiger partial charge in [-0.05, 0) is 37.0 Å². The molecule has 1 aromatic rings. The number of hydrogen-bond donors (Lipinski definition) is 3. The molecule has 8 heteroatoms. The monoisotopic (exact) mass is 343 g/mol. The van der Waals surface area contributed by atoms with E-state index in [4.69, 9.17) is 9.88 Å². The summed E-state index contributed by atoms with van der Waals surface area (Å²) in [5.74, 6) is 0. The Balaban J connectivity index is 2.61. The topological polar surface area (TPSA) is 111 Å². The van der Waals surface area contributed by atoms with Crippen molar-refractivity contribution < 1.29 is 17.9 Å². The lowest BCUT2D eigenvalue weighted by Gasteiger charge is -2.18. The third-order valence-corrected chi connectivity index (χ3v) is 4.27. The Morgan fingerprint density at radius 2 is 2.09 bits per heavy atom. The molecule has 7 nitrogen and oxygen atoms in total. The van der Waals surface area contributed by atoms with Crippen LogP contribution in [-0.2, 0) is 14.8 Å². The molecule has 0 saturated heterocycles. The number of primary sulfonamides is 1. The number of carbonyl (C=O) groups is 1. The molecule has 0 bridgehead atoms. The number of unbranched alkanes of at least 4 members (excludes halogenated alkanes) is 1. The predicted octanol–water partition coefficient (Wildman–Crippen LogP) is 1.51. The molecule has 0 fully saturated rings. The van der Waals surface area contributed by atoms with Crippen molar-refractivity contribution in [3.8, 4) is 0 Å². The molecule has 0 spiro atoms. The summed E-state index contributed by atoms with van der Waals surface area (Å²) in [6.45, 7) is 3.14. The van der Waals surface area contributed by atoms with E-state index >= 15 is 0 Å². The molecular weight excluding hydrogens is 318 g/mol. The Labute approximate surface area is 137 Å². The number of ether oxygens (including phenoxy) is 1. The quantitative estimate of drug-likeness (QED) is 0.590. The Kier molecular flexibility index (Phi) is 8.01. The van der Waals surface area contributed by atoms with E-state index in [1.165, 1.54) is 12.1 Å². The zero-order valence-electron chi connectivity index (χ0n) is 13.5. The summed E-state index contributed by atoms with van der Waals surface area (Å²) in [5.41, 5.74) is 0.702. The number of nitrogens with two attached hydrogens (primary N) is 1. The van der Waals surface area contributed by atoms with Gasteiger partial charge in [-0.3, -0.25) is 0 Å². The SMILES string of the molecule is CCC(NC(=O)NCCCCOC)c1cccc(S(N)(=O)=O)c1. The Bertz CT molecular complexity index is 604. The van der Waals surface area contributed by atoms with E-state index < -0.39 is 10.0 Å². The van der Waals surface area contributed by atoms with Crippen molar-refractivity contribution in [3.05, 3.63) is 29.8 Å². The van der Waals surface area contributed by atoms with Gasteiger partial charge in [0.05, 0.1) is 10.9 Å². The maximum Gasteiger partial charge on any atom is 0.315 e. The minimum atomic E-state index is -3.76. The number of hydrogen-bond acceptors (Lipinski definition) is 4. The fraction of sp³-hybridized carbons (Fsp3) is 0.533. The van der Waals surface area contributed by atoms with Crippen LogP contribution in [0.3, 0.4) is 0 Å². The van der Waals surface area contributed by atoms with E-state index in [0.717, 1.165) is 12.8 Å². The third-order valence-electron chi connectivity index (χ3n) is 3.36. The number of urea groups is 1. The van der Waals surface area contributed by atoms with Crippen LogP contribution in [0.15, 0.2) is 29.2 Å². The van der Waals surface area contributed by atoms with Crippen molar-refractivity contribution in [1.82, 2.24) is 10.6 Å². The van der Waals surface area contributed by atoms with Gasteiger partial charge in [-0.1, -0.05) is 19.1 Å². The number of methoxy groups -OCH3 is 1. The first-order chi connectivity index (χ1) is 10.9. The van der Waals surface area contributed by atoms with Crippen molar-refractivity contribution in [1.29, 1.82) is 0 Å². The lowest BCUT2D eigenvalue weighted by Crippen LogP contribution is -2.38. The molecule has 1 rings (SSSR count). The number of benzene rings is 1. The van der Waals surface area contributed by atoms with Crippen molar-refractivity contribution in [2.24, 2.45) is 5.14 Å². The molecule has 0 aliphatic carbocycles. The first-order valence-electron chi connectivity index (χ1n) is 7.54. The van der Waals surface area contributed by atoms with Crippen molar-refractivity contribution in [2.75, 3.05) is 20.3 Å². The molecule has 0 heterocycles. The molecule has 0 aliphatic heterocycles. The highest BCUT2D eigenvalue weighted by molar-refractivity contribution is 7.89. The molecule has 4 N–H and O–H groups in total. The average molecular weight is 343 g/mol. The summed E-state index contributed by atoms with van der Waals surface area (Å²) < 4.78 is 27.8. The van der Waals surface area contributed by atoms with E-state index in [1.54, 1.807) is 19.2 Å². The van der Waals surface area contributed by atoms with Crippen molar-refractivity contribution >= 4 is 16.1 Å². The minimum absolute atomic E-state index is 0.0372. The van der Waals surface area contributed by atoms with Gasteiger partial charge in [0.1, 0.15) is 0 Å². The molecule has 1 aromatic carbocycles. The molecule has 0 saturated carbocycles. The van der Waals surface area contributed by atoms with E-state index in [2.05, 4.69) is 10.6 Å². The summed E-state index contributed by atoms with van der Waals surface area (Å²) in [4.78, 5) is 11.9. The Hall–Kier alpha value is -1.64. The lowest BCUT2D eigenvalue weighted by molar-refractivity contribution is 0.192. The Morgan fingerprint density at radius 1 is 1.35 bits per heavy atom. The van der Waals surface area contributed by atoms with Gasteiger partial charge in [0.2, 0.25) is 10.0 Å². The van der Waals surface area contributed by atoms with Crippen molar-refractivity contribution in [2.45, 2.75) is 37.1 Å². The van der Waals surface area contributed by atoms with Crippen molar-refractivity contribution in [3.63, 3.8) is 0 Å². The van der Waals surface area contributed by atoms with E-state index in [-0.39, 0.29) is 17.0 Å². The summed E-state index contributed by atoms with van der Waals surface area (Å²) in [5, 5.41) is 10.7. The largest absolute Gasteiger partial charge is 0.385 e. The average Bonchev–Trinajstić information content (AvgIpc) is 2.51. The molecule has 0 aliphatic rings. The number of sulfonamides is 1. The summed E-state index contributed by atoms with van der Waals surface area (Å²) >= 11 is 0. The fourth-order valence-electron chi connectivity index (χ4n) is 2.11. The normalized spacial score (nSPS) is 12.7. The highest BCUT2D eigenvalue weighted by Crippen LogP contribution is 2.19. The zero-order chi connectivity index (χ0) is 17.3. The van der Waals surface area contributed by atoms with Crippen LogP contribution in [0.5, 0.6) is 0 Å². The maximum absolute atomic E-state index is 11.9. The van der Waals surface area contributed by atoms with Crippen LogP contribution in [-0.4, -0.2) is 34.7 Å². The van der Waals surface area contributed by atoms with Gasteiger partial charge in [-0.25, -0.2) is 18.4 Å². The second kappa shape index (κ2) is 9.49. The van der Waals surface area contributed by atoms with E-state index in [1.807, 2.05) is 6.92 Å². The molecule has 0 radical (unpaired) electrons. The summed E-state index contributed by atoms with van der Waals surface area (Å²) in [6, 6.07) is 5.74. The number of carbonyl (C=O) groups excluding carboxylic acids is 1. The number of rotatable bonds is 9. The molecule has 130 valence electrons. The third kappa shape index (κ3) is 6.98. The van der Waals surface area contributed by atoms with Gasteiger partial charge in [0.25, 0.3) is 0 Å². The first kappa shape index (κ1) is 19.4. The van der Waals surface area contributed by atoms with Gasteiger partial charge in [0.15, 0.2) is 0 Å². The van der Waals surface area contributed by atoms with Crippen LogP contribution in [0.1, 0.15) is 37.8 Å². The molecular formula is C15H25N3O4S. The second-order valence-corrected chi connectivity index (χ2v) is 6.74. The highest BCUT2D eigenvalue weighted by Gasteiger charge is 2.15. The number of amides is 2. The van der Waals surface area contributed by atoms with Gasteiger partial charge >= 0.3 is 6.03 Å². The van der Waals surface area contributed by atoms with Crippen LogP contribution in [0.4, 0.5) is 4.79 Å². The molecule has 1 atom stereocenters. The summed E-state index contributed by atoms with van der Waals surface area (Å²) in [7, 11) is -2.12. The summed E-state index contributed by atoms with van der Waals surface area (Å²) in [6.07, 6.45) is 2.34. The van der Waals surface area contributed by atoms with Crippen LogP contribution in [0, 0.1) is 0 Å². The molecule has 23 heavy (non-hydrogen) atoms. The van der Waals surface area contributed by atoms with E-state index in [0.29, 0.717) is 25.1 Å². The minimum Gasteiger partial charge on any atom is -0.385 e. The Morgan fingerprint density at radius 3 is 2.70 bits per heavy atom. The van der Waals surface area contributed by atoms with Gasteiger partial charge in [-0.2, -0.15) is 0 Å². The first-order valence-corrected chi connectivity index (χ1v) is 9.09. The smallest absolute Gasteiger partial charge is 0.315 e. The van der Waals surface area contributed by atoms with Gasteiger partial charge in [0, 0.05) is 20.3 Å². The number of nitrogens with one attached hydrogen (secondary N) is 2. The van der Waals surface area contributed by atoms with Gasteiger partial charge in [-0.15, -0.1) is 0 Å². The molecule has 2 amide bonds. The van der Waals surface area contributed by atoms with Crippen LogP contribution in [0.2, 0.25) is 0 Å². The highest BCUT2D eigenvalue weighted by atomic mass is 32.2. The fourth-order valence-corrected chi connectivity index (χ4v) is 2.68. The van der Waals surface area contributed by atoms with Crippen LogP contribution in [0.25, 0.3) is 0 Å². The van der Waals surface area contributed by atoms with Gasteiger partial charge < -0.3 is 15.4 Å². The van der Waals surface area contributed by atoms with Crippen LogP contribution < -0.4 is 15.8 Å². The van der Waals surface area contributed by atoms with Crippen LogP contribution >= 0.6 is 0 Å². The zero-order valence-corrected chi connectivity index (χ0v) is 14.4.